The molecular weight excluding hydrogens is 374 g/mol. The first-order valence-corrected chi connectivity index (χ1v) is 12.3. The summed E-state index contributed by atoms with van der Waals surface area (Å²) >= 11 is 0. The van der Waals surface area contributed by atoms with Gasteiger partial charge < -0.3 is 9.90 Å². The molecule has 30 heavy (non-hydrogen) atoms. The van der Waals surface area contributed by atoms with Crippen LogP contribution in [-0.4, -0.2) is 29.0 Å². The zero-order valence-corrected chi connectivity index (χ0v) is 19.5. The highest BCUT2D eigenvalue weighted by molar-refractivity contribution is 5.81. The molecule has 0 fully saturated rings. The molecule has 0 aromatic heterocycles. The number of carbonyl (C=O) groups excluding carboxylic acids is 1. The van der Waals surface area contributed by atoms with Gasteiger partial charge >= 0.3 is 0 Å². The third-order valence-corrected chi connectivity index (χ3v) is 6.07. The van der Waals surface area contributed by atoms with Gasteiger partial charge in [-0.2, -0.15) is 0 Å². The number of aliphatic imine (C=N–C) groups is 1. The Morgan fingerprint density at radius 2 is 1.53 bits per heavy atom. The van der Waals surface area contributed by atoms with Crippen LogP contribution in [0.2, 0.25) is 0 Å². The third-order valence-electron chi connectivity index (χ3n) is 6.07. The van der Waals surface area contributed by atoms with Gasteiger partial charge in [-0.1, -0.05) is 76.9 Å². The summed E-state index contributed by atoms with van der Waals surface area (Å²) in [5.74, 6) is -0.242. The number of aliphatic carboxylic acids is 1. The van der Waals surface area contributed by atoms with Crippen LogP contribution in [0.3, 0.4) is 0 Å². The van der Waals surface area contributed by atoms with E-state index in [9.17, 15) is 9.90 Å². The lowest BCUT2D eigenvalue weighted by atomic mass is 10.1. The van der Waals surface area contributed by atoms with Crippen LogP contribution < -0.4 is 10.8 Å². The summed E-state index contributed by atoms with van der Waals surface area (Å²) in [6, 6.07) is 0. The first-order valence-electron chi connectivity index (χ1n) is 12.3. The van der Waals surface area contributed by atoms with Crippen LogP contribution in [0.4, 0.5) is 0 Å². The van der Waals surface area contributed by atoms with Crippen molar-refractivity contribution in [3.8, 4) is 0 Å². The molecule has 2 unspecified atom stereocenters. The molecule has 0 saturated carbocycles. The average molecular weight is 420 g/mol. The van der Waals surface area contributed by atoms with Gasteiger partial charge in [-0.15, -0.1) is 0 Å². The van der Waals surface area contributed by atoms with Gasteiger partial charge in [0.1, 0.15) is 18.9 Å². The largest absolute Gasteiger partial charge is 0.544 e. The molecule has 0 saturated heterocycles. The van der Waals surface area contributed by atoms with Gasteiger partial charge in [-0.25, -0.2) is 9.48 Å². The Labute approximate surface area is 184 Å². The number of allylic oxidation sites excluding steroid dienone is 2. The number of hydrogen-bond acceptors (Lipinski definition) is 4. The molecule has 0 radical (unpaired) electrons. The van der Waals surface area contributed by atoms with E-state index >= 15 is 0 Å². The first kappa shape index (κ1) is 26.6. The number of hydrogen-bond donors (Lipinski definition) is 1. The van der Waals surface area contributed by atoms with Crippen molar-refractivity contribution in [3.05, 3.63) is 24.6 Å². The molecule has 1 aliphatic rings. The van der Waals surface area contributed by atoms with Gasteiger partial charge in [0.15, 0.2) is 0 Å². The molecule has 2 atom stereocenters. The molecule has 0 bridgehead atoms. The minimum absolute atomic E-state index is 0.103. The van der Waals surface area contributed by atoms with Gasteiger partial charge in [0, 0.05) is 13.3 Å². The standard InChI is InChI=1S/C25H45N3O2/c1-3-4-5-6-7-8-9-10-11-12-13-14-15-16-17-18-19-24-27-20-21-28(24,23(2)26)22-25(29)30/h11-12,20-21,23H,3-10,13-19,22,26H2,1-2H3/b12-11+. The number of nitrogens with two attached hydrogens (primary N) is 1. The van der Waals surface area contributed by atoms with Crippen molar-refractivity contribution in [2.75, 3.05) is 6.54 Å². The molecule has 0 aromatic rings. The zero-order chi connectivity index (χ0) is 22.1. The van der Waals surface area contributed by atoms with Gasteiger partial charge in [0.2, 0.25) is 5.84 Å². The summed E-state index contributed by atoms with van der Waals surface area (Å²) in [4.78, 5) is 15.6. The maximum Gasteiger partial charge on any atom is 0.209 e. The monoisotopic (exact) mass is 419 g/mol. The molecule has 1 heterocycles. The maximum absolute atomic E-state index is 11.2. The molecule has 0 amide bonds. The summed E-state index contributed by atoms with van der Waals surface area (Å²) < 4.78 is 0.103. The van der Waals surface area contributed by atoms with Crippen LogP contribution in [0.25, 0.3) is 0 Å². The molecule has 0 aliphatic carbocycles. The van der Waals surface area contributed by atoms with E-state index in [1.54, 1.807) is 12.4 Å². The Hall–Kier alpha value is -1.46. The molecule has 2 N–H and O–H groups in total. The highest BCUT2D eigenvalue weighted by atomic mass is 16.4. The molecule has 1 aliphatic heterocycles. The number of carboxylic acid groups (broad SMARTS) is 1. The third kappa shape index (κ3) is 10.5. The molecular formula is C25H45N3O2. The van der Waals surface area contributed by atoms with Crippen molar-refractivity contribution >= 4 is 11.8 Å². The maximum atomic E-state index is 11.2. The first-order chi connectivity index (χ1) is 14.5. The quantitative estimate of drug-likeness (QED) is 0.178. The fraction of sp³-hybridized carbons (Fsp3) is 0.760. The summed E-state index contributed by atoms with van der Waals surface area (Å²) in [5, 5.41) is 11.2. The zero-order valence-electron chi connectivity index (χ0n) is 19.5. The number of carboxylic acids is 1. The predicted octanol–water partition coefficient (Wildman–Crippen LogP) is 5.17. The predicted molar refractivity (Wildman–Crippen MR) is 124 cm³/mol. The van der Waals surface area contributed by atoms with E-state index in [2.05, 4.69) is 24.1 Å². The van der Waals surface area contributed by atoms with Crippen LogP contribution in [0, 0.1) is 0 Å². The molecule has 0 spiro atoms. The van der Waals surface area contributed by atoms with E-state index in [-0.39, 0.29) is 17.2 Å². The van der Waals surface area contributed by atoms with Crippen LogP contribution in [0.1, 0.15) is 110 Å². The Bertz CT molecular complexity index is 555. The van der Waals surface area contributed by atoms with Crippen LogP contribution in [0.5, 0.6) is 0 Å². The Morgan fingerprint density at radius 1 is 1.00 bits per heavy atom. The number of amidine groups is 1. The number of nitrogens with zero attached hydrogens (tertiary/aromatic N) is 2. The van der Waals surface area contributed by atoms with Crippen molar-refractivity contribution < 1.29 is 14.4 Å². The molecule has 5 nitrogen and oxygen atoms in total. The summed E-state index contributed by atoms with van der Waals surface area (Å²) in [7, 11) is 0. The topological polar surface area (TPSA) is 78.5 Å². The second-order valence-electron chi connectivity index (χ2n) is 8.73. The SMILES string of the molecule is CCCCCCCCC/C=C/CCCCCCCC1=NC=C[N+]1(CC(=O)[O-])C(C)N. The smallest absolute Gasteiger partial charge is 0.209 e. The number of quaternary nitrogens is 1. The van der Waals surface area contributed by atoms with Gasteiger partial charge in [-0.3, -0.25) is 5.73 Å². The van der Waals surface area contributed by atoms with Crippen molar-refractivity contribution in [2.24, 2.45) is 10.7 Å². The Kier molecular flexibility index (Phi) is 14.4. The van der Waals surface area contributed by atoms with E-state index in [1.807, 2.05) is 6.92 Å². The Morgan fingerprint density at radius 3 is 2.07 bits per heavy atom. The minimum Gasteiger partial charge on any atom is -0.544 e. The fourth-order valence-corrected chi connectivity index (χ4v) is 4.11. The average Bonchev–Trinajstić information content (AvgIpc) is 3.10. The molecule has 1 rings (SSSR count). The molecule has 0 aromatic carbocycles. The van der Waals surface area contributed by atoms with Crippen LogP contribution >= 0.6 is 0 Å². The highest BCUT2D eigenvalue weighted by Crippen LogP contribution is 2.23. The van der Waals surface area contributed by atoms with E-state index in [0.29, 0.717) is 0 Å². The summed E-state index contributed by atoms with van der Waals surface area (Å²) in [6.45, 7) is 3.95. The van der Waals surface area contributed by atoms with Gasteiger partial charge in [-0.05, 0) is 32.1 Å². The van der Waals surface area contributed by atoms with Crippen molar-refractivity contribution in [1.82, 2.24) is 0 Å². The minimum atomic E-state index is -1.09. The lowest BCUT2D eigenvalue weighted by molar-refractivity contribution is -0.808. The molecule has 172 valence electrons. The lowest BCUT2D eigenvalue weighted by Gasteiger charge is -2.36. The van der Waals surface area contributed by atoms with E-state index < -0.39 is 5.97 Å². The lowest BCUT2D eigenvalue weighted by Crippen LogP contribution is -2.60. The Balaban J connectivity index is 2.02. The van der Waals surface area contributed by atoms with Gasteiger partial charge in [0.05, 0.1) is 12.2 Å². The van der Waals surface area contributed by atoms with E-state index in [4.69, 9.17) is 5.73 Å². The molecule has 5 heteroatoms. The number of rotatable bonds is 19. The number of unbranched alkanes of at least 4 members (excludes halogenated alkanes) is 12. The van der Waals surface area contributed by atoms with E-state index in [0.717, 1.165) is 25.1 Å². The second-order valence-corrected chi connectivity index (χ2v) is 8.73. The van der Waals surface area contributed by atoms with Crippen LogP contribution in [0.15, 0.2) is 29.5 Å². The summed E-state index contributed by atoms with van der Waals surface area (Å²) in [6.07, 6.45) is 26.6. The van der Waals surface area contributed by atoms with Crippen molar-refractivity contribution in [1.29, 1.82) is 0 Å². The van der Waals surface area contributed by atoms with E-state index in [1.165, 1.54) is 77.0 Å². The van der Waals surface area contributed by atoms with Crippen molar-refractivity contribution in [2.45, 2.75) is 116 Å². The second kappa shape index (κ2) is 16.3. The summed E-state index contributed by atoms with van der Waals surface area (Å²) in [5.41, 5.74) is 6.08. The van der Waals surface area contributed by atoms with Crippen LogP contribution in [-0.2, 0) is 4.79 Å². The fourth-order valence-electron chi connectivity index (χ4n) is 4.11. The highest BCUT2D eigenvalue weighted by Gasteiger charge is 2.38. The normalized spacial score (nSPS) is 19.5. The number of carbonyl (C=O) groups is 1. The van der Waals surface area contributed by atoms with Gasteiger partial charge in [0.25, 0.3) is 0 Å². The van der Waals surface area contributed by atoms with Crippen molar-refractivity contribution in [3.63, 3.8) is 0 Å².